The molecular weight excluding hydrogens is 395 g/mol. The monoisotopic (exact) mass is 420 g/mol. The second-order valence-corrected chi connectivity index (χ2v) is 8.06. The maximum absolute atomic E-state index is 12.8. The van der Waals surface area contributed by atoms with Gasteiger partial charge in [0.25, 0.3) is 0 Å². The maximum atomic E-state index is 12.8. The zero-order valence-corrected chi connectivity index (χ0v) is 18.2. The van der Waals surface area contributed by atoms with Gasteiger partial charge in [0.1, 0.15) is 41.9 Å². The number of hydrogen-bond donors (Lipinski definition) is 0. The summed E-state index contributed by atoms with van der Waals surface area (Å²) in [5.74, 6) is 1.01. The Morgan fingerprint density at radius 1 is 0.828 bits per heavy atom. The molecule has 0 heterocycles. The van der Waals surface area contributed by atoms with Crippen LogP contribution in [0.2, 0.25) is 0 Å². The molecule has 7 nitrogen and oxygen atoms in total. The first-order valence-electron chi connectivity index (χ1n) is 8.92. The summed E-state index contributed by atoms with van der Waals surface area (Å²) in [7, 11) is 2.98. The Bertz CT molecular complexity index is 889. The summed E-state index contributed by atoms with van der Waals surface area (Å²) in [5.41, 5.74) is 0.694. The van der Waals surface area contributed by atoms with Crippen LogP contribution in [-0.2, 0) is 4.57 Å². The highest BCUT2D eigenvalue weighted by Gasteiger charge is 2.25. The van der Waals surface area contributed by atoms with Crippen molar-refractivity contribution in [3.05, 3.63) is 47.0 Å². The van der Waals surface area contributed by atoms with Crippen molar-refractivity contribution in [1.29, 1.82) is 0 Å². The summed E-state index contributed by atoms with van der Waals surface area (Å²) in [4.78, 5) is 25.5. The number of carbonyl (C=O) groups excluding carboxylic acids is 2. The van der Waals surface area contributed by atoms with Crippen LogP contribution in [-0.4, -0.2) is 45.9 Å². The van der Waals surface area contributed by atoms with E-state index in [-0.39, 0.29) is 41.0 Å². The van der Waals surface area contributed by atoms with Gasteiger partial charge in [-0.1, -0.05) is 6.07 Å². The number of methoxy groups -OCH3 is 4. The van der Waals surface area contributed by atoms with Crippen molar-refractivity contribution in [2.45, 2.75) is 13.3 Å². The Hall–Kier alpha value is -2.79. The summed E-state index contributed by atoms with van der Waals surface area (Å²) >= 11 is 0. The number of ether oxygens (including phenoxy) is 4. The van der Waals surface area contributed by atoms with Gasteiger partial charge in [0.15, 0.2) is 5.78 Å². The molecule has 29 heavy (non-hydrogen) atoms. The molecule has 0 aliphatic rings. The molecule has 0 aromatic heterocycles. The Balaban J connectivity index is 2.22. The molecule has 0 bridgehead atoms. The predicted molar refractivity (Wildman–Crippen MR) is 111 cm³/mol. The molecular formula is C21H25O7P. The van der Waals surface area contributed by atoms with E-state index in [4.69, 9.17) is 18.9 Å². The van der Waals surface area contributed by atoms with E-state index in [1.807, 2.05) is 6.92 Å². The van der Waals surface area contributed by atoms with Crippen LogP contribution in [0.25, 0.3) is 0 Å². The van der Waals surface area contributed by atoms with Crippen LogP contribution >= 0.6 is 7.80 Å². The van der Waals surface area contributed by atoms with Crippen molar-refractivity contribution < 1.29 is 33.1 Å². The molecule has 0 saturated heterocycles. The largest absolute Gasteiger partial charge is 0.496 e. The van der Waals surface area contributed by atoms with Gasteiger partial charge in [0, 0.05) is 12.6 Å². The minimum Gasteiger partial charge on any atom is -0.496 e. The van der Waals surface area contributed by atoms with Crippen LogP contribution in [0.3, 0.4) is 0 Å². The van der Waals surface area contributed by atoms with Crippen LogP contribution in [0.1, 0.15) is 32.7 Å². The van der Waals surface area contributed by atoms with Crippen LogP contribution in [0, 0.1) is 6.92 Å². The third-order valence-electron chi connectivity index (χ3n) is 4.42. The van der Waals surface area contributed by atoms with E-state index < -0.39 is 13.3 Å². The molecule has 156 valence electrons. The van der Waals surface area contributed by atoms with Crippen molar-refractivity contribution in [2.75, 3.05) is 34.6 Å². The van der Waals surface area contributed by atoms with E-state index >= 15 is 0 Å². The Kier molecular flexibility index (Phi) is 7.85. The molecule has 0 fully saturated rings. The molecule has 0 aliphatic heterocycles. The van der Waals surface area contributed by atoms with Gasteiger partial charge in [0.2, 0.25) is 5.52 Å². The van der Waals surface area contributed by atoms with E-state index in [2.05, 4.69) is 0 Å². The number of Topliss-reactive ketones (excluding diaryl/α,β-unsaturated/α-hetero) is 1. The smallest absolute Gasteiger partial charge is 0.225 e. The number of ketones is 1. The number of aryl methyl sites for hydroxylation is 1. The average molecular weight is 420 g/mol. The van der Waals surface area contributed by atoms with Crippen LogP contribution in [0.4, 0.5) is 0 Å². The van der Waals surface area contributed by atoms with Crippen molar-refractivity contribution in [2.24, 2.45) is 0 Å². The molecule has 0 amide bonds. The number of carbonyl (C=O) groups is 2. The standard InChI is InChI=1S/C21H25O7P/c1-13-11-17(27-4)19(18(12-13)28-5)14(22)9-10-29(24)21(23)20-15(25-2)7-6-8-16(20)26-3/h6-8,11-12,29H,9-10H2,1-5H3. The van der Waals surface area contributed by atoms with E-state index in [0.29, 0.717) is 11.5 Å². The SMILES string of the molecule is COc1cc(C)cc(OC)c1C(=O)CC[PH](=O)C(=O)c1c(OC)cccc1OC. The summed E-state index contributed by atoms with van der Waals surface area (Å²) in [6.45, 7) is 1.86. The first kappa shape index (κ1) is 22.5. The van der Waals surface area contributed by atoms with Gasteiger partial charge >= 0.3 is 0 Å². The number of hydrogen-bond acceptors (Lipinski definition) is 7. The van der Waals surface area contributed by atoms with Gasteiger partial charge in [-0.15, -0.1) is 0 Å². The van der Waals surface area contributed by atoms with E-state index in [1.54, 1.807) is 30.3 Å². The average Bonchev–Trinajstić information content (AvgIpc) is 2.74. The summed E-state index contributed by atoms with van der Waals surface area (Å²) in [6, 6.07) is 8.31. The molecule has 0 aliphatic carbocycles. The first-order chi connectivity index (χ1) is 13.9. The summed E-state index contributed by atoms with van der Waals surface area (Å²) in [6.07, 6.45) is -0.166. The lowest BCUT2D eigenvalue weighted by molar-refractivity contribution is 0.0983. The summed E-state index contributed by atoms with van der Waals surface area (Å²) < 4.78 is 33.7. The second kappa shape index (κ2) is 10.1. The quantitative estimate of drug-likeness (QED) is 0.424. The minimum absolute atomic E-state index is 0.0796. The lowest BCUT2D eigenvalue weighted by Gasteiger charge is -2.14. The second-order valence-electron chi connectivity index (χ2n) is 6.26. The highest BCUT2D eigenvalue weighted by molar-refractivity contribution is 7.64. The molecule has 2 rings (SSSR count). The molecule has 2 aromatic carbocycles. The first-order valence-corrected chi connectivity index (χ1v) is 10.5. The molecule has 8 heteroatoms. The highest BCUT2D eigenvalue weighted by atomic mass is 31.1. The van der Waals surface area contributed by atoms with Crippen LogP contribution in [0.5, 0.6) is 23.0 Å². The maximum Gasteiger partial charge on any atom is 0.225 e. The Morgan fingerprint density at radius 2 is 1.31 bits per heavy atom. The van der Waals surface area contributed by atoms with Gasteiger partial charge in [-0.05, 0) is 36.8 Å². The molecule has 0 spiro atoms. The third-order valence-corrected chi connectivity index (χ3v) is 5.88. The minimum atomic E-state index is -2.78. The fraction of sp³-hybridized carbons (Fsp3) is 0.333. The molecule has 0 radical (unpaired) electrons. The van der Waals surface area contributed by atoms with Crippen LogP contribution < -0.4 is 18.9 Å². The number of benzene rings is 2. The predicted octanol–water partition coefficient (Wildman–Crippen LogP) is 4.00. The molecule has 0 saturated carbocycles. The van der Waals surface area contributed by atoms with Gasteiger partial charge in [0.05, 0.1) is 28.4 Å². The van der Waals surface area contributed by atoms with Gasteiger partial charge < -0.3 is 23.5 Å². The zero-order valence-electron chi connectivity index (χ0n) is 17.2. The van der Waals surface area contributed by atoms with Crippen molar-refractivity contribution in [1.82, 2.24) is 0 Å². The molecule has 1 atom stereocenters. The number of rotatable bonds is 10. The highest BCUT2D eigenvalue weighted by Crippen LogP contribution is 2.38. The van der Waals surface area contributed by atoms with Gasteiger partial charge in [-0.2, -0.15) is 0 Å². The van der Waals surface area contributed by atoms with Gasteiger partial charge in [-0.3, -0.25) is 9.59 Å². The van der Waals surface area contributed by atoms with E-state index in [9.17, 15) is 14.2 Å². The zero-order chi connectivity index (χ0) is 21.6. The summed E-state index contributed by atoms with van der Waals surface area (Å²) in [5, 5.41) is 0. The third kappa shape index (κ3) is 4.98. The lowest BCUT2D eigenvalue weighted by atomic mass is 10.0. The van der Waals surface area contributed by atoms with E-state index in [1.165, 1.54) is 28.4 Å². The molecule has 1 unspecified atom stereocenters. The Labute approximate surface area is 170 Å². The van der Waals surface area contributed by atoms with Crippen molar-refractivity contribution in [3.63, 3.8) is 0 Å². The normalized spacial score (nSPS) is 11.5. The van der Waals surface area contributed by atoms with E-state index in [0.717, 1.165) is 5.56 Å². The molecule has 0 N–H and O–H groups in total. The fourth-order valence-corrected chi connectivity index (χ4v) is 4.20. The van der Waals surface area contributed by atoms with Crippen molar-refractivity contribution >= 4 is 19.1 Å². The van der Waals surface area contributed by atoms with Crippen molar-refractivity contribution in [3.8, 4) is 23.0 Å². The topological polar surface area (TPSA) is 88.1 Å². The van der Waals surface area contributed by atoms with Crippen LogP contribution in [0.15, 0.2) is 30.3 Å². The fourth-order valence-electron chi connectivity index (χ4n) is 3.00. The molecule has 2 aromatic rings. The van der Waals surface area contributed by atoms with Gasteiger partial charge in [-0.25, -0.2) is 0 Å². The Morgan fingerprint density at radius 3 is 1.76 bits per heavy atom. The lowest BCUT2D eigenvalue weighted by Crippen LogP contribution is -2.08.